The van der Waals surface area contributed by atoms with Crippen LogP contribution in [0, 0.1) is 0 Å². The quantitative estimate of drug-likeness (QED) is 0.861. The number of benzene rings is 1. The van der Waals surface area contributed by atoms with Crippen LogP contribution in [0.15, 0.2) is 12.1 Å². The number of rotatable bonds is 3. The van der Waals surface area contributed by atoms with Gasteiger partial charge in [0.05, 0.1) is 5.56 Å². The Bertz CT molecular complexity index is 507. The predicted molar refractivity (Wildman–Crippen MR) is 76.6 cm³/mol. The Morgan fingerprint density at radius 2 is 1.80 bits per heavy atom. The normalized spacial score (nSPS) is 20.4. The van der Waals surface area contributed by atoms with E-state index in [1.807, 2.05) is 12.1 Å². The summed E-state index contributed by atoms with van der Waals surface area (Å²) < 4.78 is 11.5. The summed E-state index contributed by atoms with van der Waals surface area (Å²) in [6, 6.07) is 3.84. The second-order valence-corrected chi connectivity index (χ2v) is 5.72. The summed E-state index contributed by atoms with van der Waals surface area (Å²) in [5.41, 5.74) is 7.77. The number of carbonyl (C=O) groups excluding carboxylic acids is 1. The van der Waals surface area contributed by atoms with E-state index in [9.17, 15) is 4.79 Å². The molecule has 2 N–H and O–H groups in total. The predicted octanol–water partition coefficient (Wildman–Crippen LogP) is 2.43. The molecule has 4 heteroatoms. The average Bonchev–Trinajstić information content (AvgIpc) is 2.54. The van der Waals surface area contributed by atoms with E-state index in [1.54, 1.807) is 0 Å². The molecule has 0 saturated heterocycles. The summed E-state index contributed by atoms with van der Waals surface area (Å²) in [7, 11) is 0. The van der Waals surface area contributed by atoms with Gasteiger partial charge >= 0.3 is 0 Å². The molecule has 108 valence electrons. The second kappa shape index (κ2) is 5.44. The Balaban J connectivity index is 2.11. The van der Waals surface area contributed by atoms with Crippen molar-refractivity contribution in [1.29, 1.82) is 0 Å². The molecule has 0 aromatic heterocycles. The van der Waals surface area contributed by atoms with Crippen LogP contribution in [0.3, 0.4) is 0 Å². The molecule has 3 rings (SSSR count). The molecule has 1 aromatic carbocycles. The van der Waals surface area contributed by atoms with Crippen LogP contribution in [-0.2, 0) is 5.41 Å². The minimum atomic E-state index is -0.0234. The highest BCUT2D eigenvalue weighted by molar-refractivity contribution is 5.82. The molecule has 0 spiro atoms. The van der Waals surface area contributed by atoms with E-state index < -0.39 is 0 Å². The fourth-order valence-corrected chi connectivity index (χ4v) is 3.48. The molecule has 1 fully saturated rings. The fourth-order valence-electron chi connectivity index (χ4n) is 3.48. The van der Waals surface area contributed by atoms with Crippen LogP contribution in [0.4, 0.5) is 0 Å². The lowest BCUT2D eigenvalue weighted by Gasteiger charge is -2.39. The van der Waals surface area contributed by atoms with Gasteiger partial charge in [0.1, 0.15) is 13.2 Å². The molecule has 20 heavy (non-hydrogen) atoms. The van der Waals surface area contributed by atoms with Gasteiger partial charge in [-0.2, -0.15) is 0 Å². The maximum absolute atomic E-state index is 11.2. The fraction of sp³-hybridized carbons (Fsp3) is 0.562. The second-order valence-electron chi connectivity index (χ2n) is 5.72. The molecule has 0 atom stereocenters. The zero-order valence-electron chi connectivity index (χ0n) is 11.7. The van der Waals surface area contributed by atoms with Crippen molar-refractivity contribution < 1.29 is 14.3 Å². The van der Waals surface area contributed by atoms with E-state index in [2.05, 4.69) is 0 Å². The van der Waals surface area contributed by atoms with Crippen molar-refractivity contribution in [3.8, 4) is 11.5 Å². The first-order chi connectivity index (χ1) is 9.80. The van der Waals surface area contributed by atoms with Crippen LogP contribution < -0.4 is 15.2 Å². The molecule has 1 saturated carbocycles. The van der Waals surface area contributed by atoms with Gasteiger partial charge in [-0.1, -0.05) is 25.3 Å². The molecule has 1 aromatic rings. The van der Waals surface area contributed by atoms with Gasteiger partial charge in [0.15, 0.2) is 17.8 Å². The minimum Gasteiger partial charge on any atom is -0.486 e. The van der Waals surface area contributed by atoms with Gasteiger partial charge in [-0.25, -0.2) is 0 Å². The Morgan fingerprint density at radius 3 is 2.45 bits per heavy atom. The van der Waals surface area contributed by atoms with Crippen molar-refractivity contribution in [3.63, 3.8) is 0 Å². The van der Waals surface area contributed by atoms with Crippen LogP contribution in [0.5, 0.6) is 11.5 Å². The molecule has 1 heterocycles. The van der Waals surface area contributed by atoms with Gasteiger partial charge in [0, 0.05) is 17.5 Å². The molecular weight excluding hydrogens is 254 g/mol. The molecule has 2 aliphatic rings. The summed E-state index contributed by atoms with van der Waals surface area (Å²) in [5, 5.41) is 0. The lowest BCUT2D eigenvalue weighted by molar-refractivity contribution is 0.111. The van der Waals surface area contributed by atoms with Crippen molar-refractivity contribution in [2.24, 2.45) is 5.73 Å². The Labute approximate surface area is 119 Å². The highest BCUT2D eigenvalue weighted by atomic mass is 16.6. The Kier molecular flexibility index (Phi) is 3.66. The number of hydrogen-bond acceptors (Lipinski definition) is 4. The van der Waals surface area contributed by atoms with Gasteiger partial charge < -0.3 is 15.2 Å². The summed E-state index contributed by atoms with van der Waals surface area (Å²) in [5.74, 6) is 1.34. The number of ether oxygens (including phenoxy) is 2. The molecule has 0 bridgehead atoms. The zero-order chi connectivity index (χ0) is 14.0. The Hall–Kier alpha value is -1.55. The first-order valence-corrected chi connectivity index (χ1v) is 7.39. The SMILES string of the molecule is NCC1(c2ccc(C=O)c3c2OCCO3)CCCCC1. The molecule has 0 amide bonds. The number of carbonyl (C=O) groups is 1. The van der Waals surface area contributed by atoms with Crippen LogP contribution in [0.2, 0.25) is 0 Å². The standard InChI is InChI=1S/C16H21NO3/c17-11-16(6-2-1-3-7-16)13-5-4-12(10-18)14-15(13)20-9-8-19-14/h4-5,10H,1-3,6-9,11,17H2. The Morgan fingerprint density at radius 1 is 1.10 bits per heavy atom. The molecule has 1 aliphatic heterocycles. The first kappa shape index (κ1) is 13.4. The third-order valence-electron chi connectivity index (χ3n) is 4.62. The van der Waals surface area contributed by atoms with Gasteiger partial charge in [-0.15, -0.1) is 0 Å². The largest absolute Gasteiger partial charge is 0.486 e. The molecule has 0 radical (unpaired) electrons. The lowest BCUT2D eigenvalue weighted by Crippen LogP contribution is -2.38. The highest BCUT2D eigenvalue weighted by Crippen LogP contribution is 2.47. The highest BCUT2D eigenvalue weighted by Gasteiger charge is 2.37. The van der Waals surface area contributed by atoms with Gasteiger partial charge in [0.2, 0.25) is 0 Å². The lowest BCUT2D eigenvalue weighted by atomic mass is 9.69. The van der Waals surface area contributed by atoms with E-state index >= 15 is 0 Å². The van der Waals surface area contributed by atoms with Crippen molar-refractivity contribution >= 4 is 6.29 Å². The topological polar surface area (TPSA) is 61.6 Å². The summed E-state index contributed by atoms with van der Waals surface area (Å²) in [6.45, 7) is 1.64. The van der Waals surface area contributed by atoms with Crippen LogP contribution in [0.25, 0.3) is 0 Å². The van der Waals surface area contributed by atoms with Gasteiger partial charge in [-0.3, -0.25) is 4.79 Å². The molecule has 4 nitrogen and oxygen atoms in total. The van der Waals surface area contributed by atoms with E-state index in [-0.39, 0.29) is 5.41 Å². The van der Waals surface area contributed by atoms with E-state index in [4.69, 9.17) is 15.2 Å². The van der Waals surface area contributed by atoms with Gasteiger partial charge in [0.25, 0.3) is 0 Å². The minimum absolute atomic E-state index is 0.0234. The average molecular weight is 275 g/mol. The van der Waals surface area contributed by atoms with Crippen LogP contribution in [0.1, 0.15) is 48.0 Å². The molecular formula is C16H21NO3. The first-order valence-electron chi connectivity index (χ1n) is 7.39. The van der Waals surface area contributed by atoms with Crippen molar-refractivity contribution in [2.75, 3.05) is 19.8 Å². The van der Waals surface area contributed by atoms with E-state index in [1.165, 1.54) is 19.3 Å². The van der Waals surface area contributed by atoms with Gasteiger partial charge in [-0.05, 0) is 18.9 Å². The monoisotopic (exact) mass is 275 g/mol. The number of fused-ring (bicyclic) bond motifs is 1. The van der Waals surface area contributed by atoms with E-state index in [0.717, 1.165) is 30.4 Å². The van der Waals surface area contributed by atoms with Crippen LogP contribution in [-0.4, -0.2) is 26.0 Å². The molecule has 0 unspecified atom stereocenters. The maximum Gasteiger partial charge on any atom is 0.172 e. The van der Waals surface area contributed by atoms with E-state index in [0.29, 0.717) is 31.1 Å². The summed E-state index contributed by atoms with van der Waals surface area (Å²) in [4.78, 5) is 11.2. The maximum atomic E-state index is 11.2. The molecule has 1 aliphatic carbocycles. The third-order valence-corrected chi connectivity index (χ3v) is 4.62. The van der Waals surface area contributed by atoms with Crippen molar-refractivity contribution in [1.82, 2.24) is 0 Å². The van der Waals surface area contributed by atoms with Crippen LogP contribution >= 0.6 is 0 Å². The number of nitrogens with two attached hydrogens (primary N) is 1. The smallest absolute Gasteiger partial charge is 0.172 e. The summed E-state index contributed by atoms with van der Waals surface area (Å²) in [6.07, 6.45) is 6.66. The van der Waals surface area contributed by atoms with Crippen molar-refractivity contribution in [2.45, 2.75) is 37.5 Å². The zero-order valence-corrected chi connectivity index (χ0v) is 11.7. The third kappa shape index (κ3) is 2.08. The van der Waals surface area contributed by atoms with Crippen molar-refractivity contribution in [3.05, 3.63) is 23.3 Å². The number of aldehydes is 1. The number of hydrogen-bond donors (Lipinski definition) is 1. The summed E-state index contributed by atoms with van der Waals surface area (Å²) >= 11 is 0.